The summed E-state index contributed by atoms with van der Waals surface area (Å²) in [6.07, 6.45) is 4.28. The number of nitrogens with one attached hydrogen (secondary N) is 1. The summed E-state index contributed by atoms with van der Waals surface area (Å²) in [7, 11) is 0. The maximum Gasteiger partial charge on any atom is 0.300 e. The highest BCUT2D eigenvalue weighted by Crippen LogP contribution is 2.18. The number of benzene rings is 1. The number of nitrogens with zero attached hydrogens (tertiary/aromatic N) is 1. The van der Waals surface area contributed by atoms with Crippen LogP contribution in [0.2, 0.25) is 0 Å². The standard InChI is InChI=1S/C19H21FN2O2S2.C2H4O2/c1-2-7-26-18-8-15(9-21-11-18)19(24)22-10-17(23)13-25-12-14-3-5-16(20)6-4-14;1-2(3)4/h3-6,8-9,11H,2,7,10,12-13H2,1H3,(H,22,24);1H3,(H,3,4). The highest BCUT2D eigenvalue weighted by Gasteiger charge is 2.10. The summed E-state index contributed by atoms with van der Waals surface area (Å²) in [5, 5.41) is 10.1. The molecule has 1 heterocycles. The number of carbonyl (C=O) groups is 3. The van der Waals surface area contributed by atoms with Crippen molar-refractivity contribution in [1.29, 1.82) is 0 Å². The van der Waals surface area contributed by atoms with Gasteiger partial charge in [-0.3, -0.25) is 19.4 Å². The van der Waals surface area contributed by atoms with Crippen LogP contribution in [0.4, 0.5) is 4.39 Å². The average Bonchev–Trinajstić information content (AvgIpc) is 2.71. The number of amides is 1. The molecule has 0 aliphatic carbocycles. The zero-order chi connectivity index (χ0) is 22.4. The minimum absolute atomic E-state index is 0.0123. The number of hydrogen-bond acceptors (Lipinski definition) is 6. The molecule has 2 aromatic rings. The molecule has 30 heavy (non-hydrogen) atoms. The lowest BCUT2D eigenvalue weighted by molar-refractivity contribution is -0.134. The molecule has 9 heteroatoms. The van der Waals surface area contributed by atoms with Gasteiger partial charge in [0.15, 0.2) is 5.78 Å². The Morgan fingerprint density at radius 2 is 1.83 bits per heavy atom. The molecule has 1 aromatic carbocycles. The van der Waals surface area contributed by atoms with E-state index < -0.39 is 5.97 Å². The summed E-state index contributed by atoms with van der Waals surface area (Å²) < 4.78 is 12.8. The van der Waals surface area contributed by atoms with Crippen molar-refractivity contribution in [2.24, 2.45) is 0 Å². The normalized spacial score (nSPS) is 9.97. The number of rotatable bonds is 10. The highest BCUT2D eigenvalue weighted by atomic mass is 32.2. The maximum absolute atomic E-state index is 12.8. The van der Waals surface area contributed by atoms with Crippen LogP contribution in [0, 0.1) is 5.82 Å². The van der Waals surface area contributed by atoms with Crippen molar-refractivity contribution in [1.82, 2.24) is 10.3 Å². The van der Waals surface area contributed by atoms with Crippen molar-refractivity contribution in [3.05, 3.63) is 59.7 Å². The lowest BCUT2D eigenvalue weighted by atomic mass is 10.2. The van der Waals surface area contributed by atoms with Crippen LogP contribution in [-0.2, 0) is 15.3 Å². The molecule has 0 saturated heterocycles. The molecule has 162 valence electrons. The Balaban J connectivity index is 0.00000103. The predicted octanol–water partition coefficient (Wildman–Crippen LogP) is 4.05. The van der Waals surface area contributed by atoms with Crippen molar-refractivity contribution in [3.63, 3.8) is 0 Å². The summed E-state index contributed by atoms with van der Waals surface area (Å²) in [4.78, 5) is 38.1. The number of thioether (sulfide) groups is 2. The van der Waals surface area contributed by atoms with E-state index in [9.17, 15) is 14.0 Å². The van der Waals surface area contributed by atoms with Crippen LogP contribution < -0.4 is 5.32 Å². The molecule has 0 saturated carbocycles. The zero-order valence-electron chi connectivity index (χ0n) is 16.9. The molecule has 0 fully saturated rings. The van der Waals surface area contributed by atoms with Crippen molar-refractivity contribution in [3.8, 4) is 0 Å². The fraction of sp³-hybridized carbons (Fsp3) is 0.333. The minimum atomic E-state index is -0.833. The fourth-order valence-corrected chi connectivity index (χ4v) is 3.68. The Morgan fingerprint density at radius 1 is 1.17 bits per heavy atom. The van der Waals surface area contributed by atoms with Gasteiger partial charge in [-0.05, 0) is 35.9 Å². The number of carboxylic acid groups (broad SMARTS) is 1. The summed E-state index contributed by atoms with van der Waals surface area (Å²) in [5.74, 6) is 0.423. The van der Waals surface area contributed by atoms with E-state index in [1.54, 1.807) is 36.2 Å². The summed E-state index contributed by atoms with van der Waals surface area (Å²) >= 11 is 3.09. The van der Waals surface area contributed by atoms with Crippen LogP contribution in [0.3, 0.4) is 0 Å². The lowest BCUT2D eigenvalue weighted by Crippen LogP contribution is -2.30. The van der Waals surface area contributed by atoms with E-state index in [-0.39, 0.29) is 24.1 Å². The molecular weight excluding hydrogens is 427 g/mol. The van der Waals surface area contributed by atoms with Gasteiger partial charge in [0.25, 0.3) is 11.9 Å². The molecule has 1 amide bonds. The first-order chi connectivity index (χ1) is 14.3. The van der Waals surface area contributed by atoms with Crippen LogP contribution in [0.25, 0.3) is 0 Å². The van der Waals surface area contributed by atoms with E-state index in [0.29, 0.717) is 17.1 Å². The van der Waals surface area contributed by atoms with Gasteiger partial charge >= 0.3 is 0 Å². The van der Waals surface area contributed by atoms with E-state index in [1.165, 1.54) is 30.1 Å². The second-order valence-electron chi connectivity index (χ2n) is 6.12. The third-order valence-corrected chi connectivity index (χ3v) is 5.57. The minimum Gasteiger partial charge on any atom is -0.481 e. The SMILES string of the molecule is CC(=O)O.CCCSc1cncc(C(=O)NCC(=O)CSCc2ccc(F)cc2)c1. The fourth-order valence-electron chi connectivity index (χ4n) is 2.04. The Kier molecular flexibility index (Phi) is 12.5. The van der Waals surface area contributed by atoms with E-state index >= 15 is 0 Å². The molecule has 0 atom stereocenters. The number of Topliss-reactive ketones (excluding diaryl/α,β-unsaturated/α-hetero) is 1. The number of halogens is 1. The first-order valence-electron chi connectivity index (χ1n) is 9.21. The van der Waals surface area contributed by atoms with Gasteiger partial charge in [0.05, 0.1) is 17.9 Å². The van der Waals surface area contributed by atoms with Crippen LogP contribution >= 0.6 is 23.5 Å². The quantitative estimate of drug-likeness (QED) is 0.525. The molecule has 2 N–H and O–H groups in total. The van der Waals surface area contributed by atoms with E-state index in [0.717, 1.165) is 29.6 Å². The second kappa shape index (κ2) is 14.6. The Labute approximate surface area is 184 Å². The monoisotopic (exact) mass is 452 g/mol. The smallest absolute Gasteiger partial charge is 0.300 e. The molecule has 0 aliphatic rings. The number of carbonyl (C=O) groups excluding carboxylic acids is 2. The van der Waals surface area contributed by atoms with Crippen molar-refractivity contribution in [2.75, 3.05) is 18.1 Å². The topological polar surface area (TPSA) is 96.4 Å². The van der Waals surface area contributed by atoms with Gasteiger partial charge in [-0.25, -0.2) is 4.39 Å². The van der Waals surface area contributed by atoms with Gasteiger partial charge in [0.2, 0.25) is 0 Å². The van der Waals surface area contributed by atoms with E-state index in [4.69, 9.17) is 9.90 Å². The average molecular weight is 453 g/mol. The molecule has 6 nitrogen and oxygen atoms in total. The number of pyridine rings is 1. The van der Waals surface area contributed by atoms with Gasteiger partial charge in [0, 0.05) is 30.0 Å². The van der Waals surface area contributed by atoms with Gasteiger partial charge in [-0.15, -0.1) is 23.5 Å². The van der Waals surface area contributed by atoms with Crippen LogP contribution in [0.1, 0.15) is 36.2 Å². The molecule has 0 spiro atoms. The first-order valence-corrected chi connectivity index (χ1v) is 11.3. The summed E-state index contributed by atoms with van der Waals surface area (Å²) in [6, 6.07) is 7.99. The zero-order valence-corrected chi connectivity index (χ0v) is 18.5. The van der Waals surface area contributed by atoms with Crippen LogP contribution in [0.15, 0.2) is 47.6 Å². The summed E-state index contributed by atoms with van der Waals surface area (Å²) in [5.41, 5.74) is 1.42. The molecule has 0 bridgehead atoms. The molecule has 0 radical (unpaired) electrons. The van der Waals surface area contributed by atoms with Gasteiger partial charge < -0.3 is 10.4 Å². The first kappa shape index (κ1) is 25.6. The van der Waals surface area contributed by atoms with Gasteiger partial charge in [-0.2, -0.15) is 0 Å². The second-order valence-corrected chi connectivity index (χ2v) is 8.27. The maximum atomic E-state index is 12.8. The highest BCUT2D eigenvalue weighted by molar-refractivity contribution is 7.99. The third-order valence-electron chi connectivity index (χ3n) is 3.34. The Bertz CT molecular complexity index is 828. The van der Waals surface area contributed by atoms with Crippen molar-refractivity contribution >= 4 is 41.2 Å². The lowest BCUT2D eigenvalue weighted by Gasteiger charge is -2.06. The molecule has 2 rings (SSSR count). The van der Waals surface area contributed by atoms with Crippen molar-refractivity contribution in [2.45, 2.75) is 30.9 Å². The molecule has 0 aliphatic heterocycles. The molecular formula is C21H25FN2O4S2. The number of ketones is 1. The van der Waals surface area contributed by atoms with Crippen LogP contribution in [0.5, 0.6) is 0 Å². The Hall–Kier alpha value is -2.39. The van der Waals surface area contributed by atoms with Gasteiger partial charge in [0.1, 0.15) is 5.82 Å². The van der Waals surface area contributed by atoms with Crippen LogP contribution in [-0.4, -0.2) is 45.8 Å². The molecule has 0 unspecified atom stereocenters. The largest absolute Gasteiger partial charge is 0.481 e. The number of aliphatic carboxylic acids is 1. The number of hydrogen-bond donors (Lipinski definition) is 2. The van der Waals surface area contributed by atoms with E-state index in [2.05, 4.69) is 17.2 Å². The Morgan fingerprint density at radius 3 is 2.47 bits per heavy atom. The van der Waals surface area contributed by atoms with Gasteiger partial charge in [-0.1, -0.05) is 19.1 Å². The predicted molar refractivity (Wildman–Crippen MR) is 118 cm³/mol. The molecule has 1 aromatic heterocycles. The number of aromatic nitrogens is 1. The number of carboxylic acids is 1. The summed E-state index contributed by atoms with van der Waals surface area (Å²) in [6.45, 7) is 3.16. The van der Waals surface area contributed by atoms with E-state index in [1.807, 2.05) is 0 Å². The van der Waals surface area contributed by atoms with Crippen molar-refractivity contribution < 1.29 is 23.9 Å². The third kappa shape index (κ3) is 11.6.